The van der Waals surface area contributed by atoms with Gasteiger partial charge in [-0.1, -0.05) is 32.8 Å². The minimum absolute atomic E-state index is 0.00141. The van der Waals surface area contributed by atoms with Crippen molar-refractivity contribution in [3.63, 3.8) is 0 Å². The third-order valence-electron chi connectivity index (χ3n) is 5.54. The number of ketones is 1. The predicted octanol–water partition coefficient (Wildman–Crippen LogP) is 5.31. The molecule has 0 amide bonds. The quantitative estimate of drug-likeness (QED) is 0.181. The zero-order valence-corrected chi connectivity index (χ0v) is 21.7. The maximum absolute atomic E-state index is 13.6. The van der Waals surface area contributed by atoms with Crippen LogP contribution in [0.3, 0.4) is 0 Å². The Morgan fingerprint density at radius 3 is 2.38 bits per heavy atom. The zero-order chi connectivity index (χ0) is 25.8. The number of aromatic nitrogens is 2. The van der Waals surface area contributed by atoms with Gasteiger partial charge in [0.25, 0.3) is 5.69 Å². The fourth-order valence-electron chi connectivity index (χ4n) is 3.54. The first-order chi connectivity index (χ1) is 15.8. The summed E-state index contributed by atoms with van der Waals surface area (Å²) in [6.07, 6.45) is 2.40. The highest BCUT2D eigenvalue weighted by molar-refractivity contribution is 7.87. The molecule has 10 heteroatoms. The van der Waals surface area contributed by atoms with Crippen molar-refractivity contribution in [1.29, 1.82) is 0 Å². The second-order valence-corrected chi connectivity index (χ2v) is 10.7. The fourth-order valence-corrected chi connectivity index (χ4v) is 4.68. The minimum atomic E-state index is -3.93. The Labute approximate surface area is 201 Å². The molecule has 0 bridgehead atoms. The molecular weight excluding hydrogens is 458 g/mol. The zero-order valence-electron chi connectivity index (χ0n) is 20.8. The number of unbranched alkanes of at least 4 members (excludes halogenated alkanes) is 1. The Kier molecular flexibility index (Phi) is 8.77. The maximum Gasteiger partial charge on any atom is 0.310 e. The molecule has 0 unspecified atom stereocenters. The normalized spacial score (nSPS) is 11.5. The molecule has 0 fully saturated rings. The first-order valence-electron chi connectivity index (χ1n) is 11.3. The third kappa shape index (κ3) is 6.11. The van der Waals surface area contributed by atoms with E-state index in [1.54, 1.807) is 13.8 Å². The van der Waals surface area contributed by atoms with Crippen LogP contribution in [0.4, 0.5) is 5.69 Å². The summed E-state index contributed by atoms with van der Waals surface area (Å²) in [6.45, 7) is 13.2. The summed E-state index contributed by atoms with van der Waals surface area (Å²) in [4.78, 5) is 24.8. The van der Waals surface area contributed by atoms with E-state index >= 15 is 0 Å². The summed E-state index contributed by atoms with van der Waals surface area (Å²) in [5, 5.41) is 15.9. The Bertz CT molecular complexity index is 1220. The van der Waals surface area contributed by atoms with Gasteiger partial charge in [-0.3, -0.25) is 14.9 Å². The number of rotatable bonds is 11. The van der Waals surface area contributed by atoms with E-state index in [2.05, 4.69) is 5.10 Å². The molecule has 0 saturated carbocycles. The predicted molar refractivity (Wildman–Crippen MR) is 132 cm³/mol. The molecule has 186 valence electrons. The highest BCUT2D eigenvalue weighted by Crippen LogP contribution is 2.35. The largest absolute Gasteiger partial charge is 0.361 e. The van der Waals surface area contributed by atoms with E-state index in [0.717, 1.165) is 5.57 Å². The van der Waals surface area contributed by atoms with Gasteiger partial charge < -0.3 is 4.18 Å². The van der Waals surface area contributed by atoms with Crippen LogP contribution in [0.15, 0.2) is 23.9 Å². The van der Waals surface area contributed by atoms with Crippen LogP contribution in [0, 0.1) is 23.0 Å². The number of carbonyl (C=O) groups excluding carboxylic acids is 1. The van der Waals surface area contributed by atoms with Crippen LogP contribution >= 0.6 is 0 Å². The van der Waals surface area contributed by atoms with Crippen molar-refractivity contribution >= 4 is 27.2 Å². The van der Waals surface area contributed by atoms with Gasteiger partial charge in [-0.2, -0.15) is 13.5 Å². The van der Waals surface area contributed by atoms with Gasteiger partial charge in [0.1, 0.15) is 5.56 Å². The average Bonchev–Trinajstić information content (AvgIpc) is 3.11. The molecule has 0 aliphatic carbocycles. The van der Waals surface area contributed by atoms with Gasteiger partial charge in [-0.25, -0.2) is 4.68 Å². The van der Waals surface area contributed by atoms with Crippen LogP contribution in [-0.4, -0.2) is 34.7 Å². The van der Waals surface area contributed by atoms with Crippen LogP contribution in [0.1, 0.15) is 81.4 Å². The molecule has 0 saturated heterocycles. The molecule has 0 spiro atoms. The van der Waals surface area contributed by atoms with Crippen LogP contribution < -0.4 is 4.18 Å². The van der Waals surface area contributed by atoms with E-state index in [-0.39, 0.29) is 34.4 Å². The SMILES string of the molecule is CCCCS(=O)(=O)Oc1c(C(=O)c2ccc([N+](=O)[O-])c(C(C)=C(C)C)c2C)cnn1CC(C)C. The van der Waals surface area contributed by atoms with E-state index in [1.165, 1.54) is 23.0 Å². The first-order valence-corrected chi connectivity index (χ1v) is 12.8. The van der Waals surface area contributed by atoms with Gasteiger partial charge in [0.05, 0.1) is 22.4 Å². The number of nitro benzene ring substituents is 1. The lowest BCUT2D eigenvalue weighted by molar-refractivity contribution is -0.385. The molecule has 0 atom stereocenters. The summed E-state index contributed by atoms with van der Waals surface area (Å²) in [6, 6.07) is 2.70. The molecule has 0 radical (unpaired) electrons. The molecule has 2 aromatic rings. The van der Waals surface area contributed by atoms with Crippen molar-refractivity contribution in [1.82, 2.24) is 9.78 Å². The molecule has 0 aliphatic rings. The van der Waals surface area contributed by atoms with Crippen molar-refractivity contribution < 1.29 is 22.3 Å². The Hall–Kier alpha value is -3.01. The summed E-state index contributed by atoms with van der Waals surface area (Å²) in [5.74, 6) is -0.694. The molecule has 9 nitrogen and oxygen atoms in total. The van der Waals surface area contributed by atoms with Crippen LogP contribution in [-0.2, 0) is 16.7 Å². The maximum atomic E-state index is 13.6. The van der Waals surface area contributed by atoms with E-state index in [9.17, 15) is 23.3 Å². The fraction of sp³-hybridized carbons (Fsp3) is 0.500. The summed E-state index contributed by atoms with van der Waals surface area (Å²) >= 11 is 0. The average molecular weight is 492 g/mol. The van der Waals surface area contributed by atoms with Crippen LogP contribution in [0.2, 0.25) is 0 Å². The second-order valence-electron chi connectivity index (χ2n) is 8.98. The van der Waals surface area contributed by atoms with E-state index in [1.807, 2.05) is 34.6 Å². The van der Waals surface area contributed by atoms with Crippen LogP contribution in [0.25, 0.3) is 5.57 Å². The van der Waals surface area contributed by atoms with E-state index in [0.29, 0.717) is 36.1 Å². The molecular formula is C24H33N3O6S. The van der Waals surface area contributed by atoms with Crippen LogP contribution in [0.5, 0.6) is 5.88 Å². The third-order valence-corrected chi connectivity index (χ3v) is 6.74. The van der Waals surface area contributed by atoms with E-state index < -0.39 is 20.8 Å². The molecule has 34 heavy (non-hydrogen) atoms. The van der Waals surface area contributed by atoms with Crippen molar-refractivity contribution in [2.45, 2.75) is 67.9 Å². The Morgan fingerprint density at radius 2 is 1.85 bits per heavy atom. The lowest BCUT2D eigenvalue weighted by Crippen LogP contribution is -2.19. The minimum Gasteiger partial charge on any atom is -0.361 e. The van der Waals surface area contributed by atoms with Gasteiger partial charge in [-0.05, 0) is 57.2 Å². The van der Waals surface area contributed by atoms with Crippen molar-refractivity contribution in [2.75, 3.05) is 5.75 Å². The Morgan fingerprint density at radius 1 is 1.21 bits per heavy atom. The molecule has 0 aliphatic heterocycles. The number of allylic oxidation sites excluding steroid dienone is 2. The number of benzene rings is 1. The molecule has 1 heterocycles. The van der Waals surface area contributed by atoms with Gasteiger partial charge in [-0.15, -0.1) is 0 Å². The lowest BCUT2D eigenvalue weighted by Gasteiger charge is -2.15. The summed E-state index contributed by atoms with van der Waals surface area (Å²) < 4.78 is 31.9. The summed E-state index contributed by atoms with van der Waals surface area (Å²) in [5.41, 5.74) is 2.53. The number of hydrogen-bond acceptors (Lipinski definition) is 7. The molecule has 0 N–H and O–H groups in total. The van der Waals surface area contributed by atoms with Gasteiger partial charge >= 0.3 is 10.1 Å². The Balaban J connectivity index is 2.68. The van der Waals surface area contributed by atoms with Gasteiger partial charge in [0.15, 0.2) is 5.78 Å². The lowest BCUT2D eigenvalue weighted by atomic mass is 9.90. The molecule has 1 aromatic carbocycles. The van der Waals surface area contributed by atoms with Crippen molar-refractivity contribution in [3.8, 4) is 5.88 Å². The smallest absolute Gasteiger partial charge is 0.310 e. The van der Waals surface area contributed by atoms with E-state index in [4.69, 9.17) is 4.18 Å². The van der Waals surface area contributed by atoms with Crippen molar-refractivity contribution in [2.24, 2.45) is 5.92 Å². The van der Waals surface area contributed by atoms with Crippen molar-refractivity contribution in [3.05, 3.63) is 56.3 Å². The molecule has 1 aromatic heterocycles. The number of nitro groups is 1. The first kappa shape index (κ1) is 27.2. The summed E-state index contributed by atoms with van der Waals surface area (Å²) in [7, 11) is -3.93. The topological polar surface area (TPSA) is 121 Å². The standard InChI is InChI=1S/C24H33N3O6S/c1-8-9-12-34(31,32)33-24-20(13-25-26(24)14-15(2)3)23(28)19-10-11-21(27(29)30)22(18(19)7)17(6)16(4)5/h10-11,13,15H,8-9,12,14H2,1-7H3. The highest BCUT2D eigenvalue weighted by Gasteiger charge is 2.29. The van der Waals surface area contributed by atoms with Gasteiger partial charge in [0, 0.05) is 18.2 Å². The number of carbonyl (C=O) groups is 1. The number of nitrogens with zero attached hydrogens (tertiary/aromatic N) is 3. The molecule has 2 rings (SSSR count). The van der Waals surface area contributed by atoms with Gasteiger partial charge in [0.2, 0.25) is 5.88 Å². The number of hydrogen-bond donors (Lipinski definition) is 0. The highest BCUT2D eigenvalue weighted by atomic mass is 32.2. The monoisotopic (exact) mass is 491 g/mol. The second kappa shape index (κ2) is 10.9.